The van der Waals surface area contributed by atoms with E-state index in [1.165, 1.54) is 21.5 Å². The Kier molecular flexibility index (Phi) is 2.74. The first kappa shape index (κ1) is 11.2. The number of rotatable bonds is 2. The zero-order valence-electron chi connectivity index (χ0n) is 10.1. The smallest absolute Gasteiger partial charge is 0.0425 e. The van der Waals surface area contributed by atoms with Gasteiger partial charge in [-0.2, -0.15) is 0 Å². The second-order valence-electron chi connectivity index (χ2n) is 4.57. The van der Waals surface area contributed by atoms with E-state index in [9.17, 15) is 0 Å². The van der Waals surface area contributed by atoms with E-state index in [0.29, 0.717) is 6.54 Å². The van der Waals surface area contributed by atoms with Crippen molar-refractivity contribution in [2.24, 2.45) is 11.5 Å². The van der Waals surface area contributed by atoms with Gasteiger partial charge in [0.25, 0.3) is 0 Å². The number of nitrogens with two attached hydrogens (primary N) is 2. The summed E-state index contributed by atoms with van der Waals surface area (Å²) in [4.78, 5) is 0. The van der Waals surface area contributed by atoms with Crippen LogP contribution in [0.1, 0.15) is 11.6 Å². The Balaban J connectivity index is 2.46. The average Bonchev–Trinajstić information content (AvgIpc) is 2.45. The second-order valence-corrected chi connectivity index (χ2v) is 4.57. The maximum Gasteiger partial charge on any atom is 0.0425 e. The minimum atomic E-state index is -0.112. The van der Waals surface area contributed by atoms with Crippen LogP contribution in [0.15, 0.2) is 54.6 Å². The molecule has 0 saturated carbocycles. The summed E-state index contributed by atoms with van der Waals surface area (Å²) in [5.41, 5.74) is 13.0. The summed E-state index contributed by atoms with van der Waals surface area (Å²) >= 11 is 0. The Morgan fingerprint density at radius 3 is 2.17 bits per heavy atom. The van der Waals surface area contributed by atoms with Gasteiger partial charge in [-0.15, -0.1) is 0 Å². The summed E-state index contributed by atoms with van der Waals surface area (Å²) in [6, 6.07) is 18.8. The lowest BCUT2D eigenvalue weighted by Crippen LogP contribution is -2.21. The first-order chi connectivity index (χ1) is 8.81. The van der Waals surface area contributed by atoms with Gasteiger partial charge in [-0.3, -0.25) is 0 Å². The maximum absolute atomic E-state index is 6.13. The molecule has 90 valence electrons. The van der Waals surface area contributed by atoms with Gasteiger partial charge in [0.1, 0.15) is 0 Å². The molecular formula is C16H16N2. The van der Waals surface area contributed by atoms with Crippen molar-refractivity contribution in [3.05, 3.63) is 60.2 Å². The van der Waals surface area contributed by atoms with Gasteiger partial charge in [0, 0.05) is 12.6 Å². The fourth-order valence-corrected chi connectivity index (χ4v) is 2.52. The van der Waals surface area contributed by atoms with Crippen LogP contribution in [0.4, 0.5) is 0 Å². The molecule has 0 amide bonds. The van der Waals surface area contributed by atoms with Crippen molar-refractivity contribution in [1.82, 2.24) is 0 Å². The van der Waals surface area contributed by atoms with Gasteiger partial charge in [0.2, 0.25) is 0 Å². The van der Waals surface area contributed by atoms with E-state index in [-0.39, 0.29) is 6.04 Å². The summed E-state index contributed by atoms with van der Waals surface area (Å²) < 4.78 is 0. The van der Waals surface area contributed by atoms with Crippen LogP contribution in [-0.4, -0.2) is 6.54 Å². The van der Waals surface area contributed by atoms with Gasteiger partial charge in [0.05, 0.1) is 0 Å². The molecule has 0 radical (unpaired) electrons. The van der Waals surface area contributed by atoms with E-state index in [1.807, 2.05) is 6.07 Å². The molecule has 4 N–H and O–H groups in total. The first-order valence-electron chi connectivity index (χ1n) is 6.17. The van der Waals surface area contributed by atoms with Crippen LogP contribution in [-0.2, 0) is 0 Å². The minimum absolute atomic E-state index is 0.112. The van der Waals surface area contributed by atoms with E-state index in [4.69, 9.17) is 11.5 Å². The molecule has 2 heteroatoms. The third-order valence-electron chi connectivity index (χ3n) is 3.45. The molecule has 0 aliphatic heterocycles. The van der Waals surface area contributed by atoms with Crippen LogP contribution in [0.2, 0.25) is 0 Å². The molecule has 0 aliphatic rings. The van der Waals surface area contributed by atoms with Gasteiger partial charge in [-0.05, 0) is 33.2 Å². The summed E-state index contributed by atoms with van der Waals surface area (Å²) in [7, 11) is 0. The lowest BCUT2D eigenvalue weighted by molar-refractivity contribution is 0.744. The summed E-state index contributed by atoms with van der Waals surface area (Å²) in [6.07, 6.45) is 0. The van der Waals surface area contributed by atoms with Crippen molar-refractivity contribution in [1.29, 1.82) is 0 Å². The standard InChI is InChI=1S/C16H16N2/c17-10-16(18)15-9-11-5-1-2-6-12(11)13-7-3-4-8-14(13)15/h1-9,16H,10,17-18H2/t16-/m1/s1. The van der Waals surface area contributed by atoms with E-state index in [1.54, 1.807) is 0 Å². The topological polar surface area (TPSA) is 52.0 Å². The SMILES string of the molecule is NC[C@@H](N)c1cc2ccccc2c2ccccc12. The van der Waals surface area contributed by atoms with Crippen molar-refractivity contribution in [2.75, 3.05) is 6.54 Å². The molecule has 1 atom stereocenters. The van der Waals surface area contributed by atoms with Crippen LogP contribution in [0.5, 0.6) is 0 Å². The largest absolute Gasteiger partial charge is 0.329 e. The van der Waals surface area contributed by atoms with Gasteiger partial charge in [-0.25, -0.2) is 0 Å². The molecule has 0 fully saturated rings. The summed E-state index contributed by atoms with van der Waals surface area (Å²) in [5.74, 6) is 0. The zero-order chi connectivity index (χ0) is 12.5. The molecule has 18 heavy (non-hydrogen) atoms. The highest BCUT2D eigenvalue weighted by molar-refractivity contribution is 6.09. The number of hydrogen-bond acceptors (Lipinski definition) is 2. The fraction of sp³-hybridized carbons (Fsp3) is 0.125. The monoisotopic (exact) mass is 236 g/mol. The number of fused-ring (bicyclic) bond motifs is 3. The predicted molar refractivity (Wildman–Crippen MR) is 77.4 cm³/mol. The molecular weight excluding hydrogens is 220 g/mol. The molecule has 3 aromatic rings. The van der Waals surface area contributed by atoms with E-state index >= 15 is 0 Å². The third-order valence-corrected chi connectivity index (χ3v) is 3.45. The van der Waals surface area contributed by atoms with Gasteiger partial charge in [-0.1, -0.05) is 48.5 Å². The molecule has 0 heterocycles. The molecule has 0 aliphatic carbocycles. The zero-order valence-corrected chi connectivity index (χ0v) is 10.1. The Morgan fingerprint density at radius 1 is 0.833 bits per heavy atom. The van der Waals surface area contributed by atoms with Crippen molar-refractivity contribution in [3.63, 3.8) is 0 Å². The molecule has 0 unspecified atom stereocenters. The molecule has 0 aromatic heterocycles. The lowest BCUT2D eigenvalue weighted by Gasteiger charge is -2.15. The molecule has 3 aromatic carbocycles. The van der Waals surface area contributed by atoms with Crippen molar-refractivity contribution >= 4 is 21.5 Å². The fourth-order valence-electron chi connectivity index (χ4n) is 2.52. The van der Waals surface area contributed by atoms with Crippen molar-refractivity contribution < 1.29 is 0 Å². The Labute approximate surface area is 106 Å². The van der Waals surface area contributed by atoms with Gasteiger partial charge < -0.3 is 11.5 Å². The maximum atomic E-state index is 6.13. The van der Waals surface area contributed by atoms with Crippen LogP contribution in [0, 0.1) is 0 Å². The van der Waals surface area contributed by atoms with E-state index in [2.05, 4.69) is 48.5 Å². The molecule has 3 rings (SSSR count). The van der Waals surface area contributed by atoms with Gasteiger partial charge >= 0.3 is 0 Å². The highest BCUT2D eigenvalue weighted by atomic mass is 14.7. The predicted octanol–water partition coefficient (Wildman–Crippen LogP) is 2.95. The highest BCUT2D eigenvalue weighted by Gasteiger charge is 2.10. The van der Waals surface area contributed by atoms with Crippen LogP contribution >= 0.6 is 0 Å². The minimum Gasteiger partial charge on any atom is -0.329 e. The molecule has 0 spiro atoms. The molecule has 2 nitrogen and oxygen atoms in total. The average molecular weight is 236 g/mol. The van der Waals surface area contributed by atoms with Crippen molar-refractivity contribution in [3.8, 4) is 0 Å². The normalized spacial score (nSPS) is 13.0. The van der Waals surface area contributed by atoms with Crippen LogP contribution in [0.25, 0.3) is 21.5 Å². The van der Waals surface area contributed by atoms with E-state index < -0.39 is 0 Å². The van der Waals surface area contributed by atoms with Crippen molar-refractivity contribution in [2.45, 2.75) is 6.04 Å². The first-order valence-corrected chi connectivity index (χ1v) is 6.17. The Morgan fingerprint density at radius 2 is 1.44 bits per heavy atom. The second kappa shape index (κ2) is 4.41. The van der Waals surface area contributed by atoms with Gasteiger partial charge in [0.15, 0.2) is 0 Å². The number of hydrogen-bond donors (Lipinski definition) is 2. The number of benzene rings is 3. The van der Waals surface area contributed by atoms with Crippen LogP contribution < -0.4 is 11.5 Å². The lowest BCUT2D eigenvalue weighted by atomic mass is 9.94. The quantitative estimate of drug-likeness (QED) is 0.672. The van der Waals surface area contributed by atoms with E-state index in [0.717, 1.165) is 5.56 Å². The summed E-state index contributed by atoms with van der Waals surface area (Å²) in [5, 5.41) is 4.93. The molecule has 0 saturated heterocycles. The Bertz CT molecular complexity index is 704. The Hall–Kier alpha value is -1.90. The van der Waals surface area contributed by atoms with Crippen LogP contribution in [0.3, 0.4) is 0 Å². The molecule has 0 bridgehead atoms. The third kappa shape index (κ3) is 1.67. The highest BCUT2D eigenvalue weighted by Crippen LogP contribution is 2.30. The summed E-state index contributed by atoms with van der Waals surface area (Å²) in [6.45, 7) is 0.461.